The number of fused-ring (bicyclic) bond motifs is 9. The van der Waals surface area contributed by atoms with Crippen LogP contribution in [-0.4, -0.2) is 176 Å². The molecule has 6 N–H and O–H groups in total. The number of nitrogens with one attached hydrogen (secondary N) is 2. The number of piperidine rings is 3. The number of hydrogen-bond acceptors (Lipinski definition) is 18. The lowest BCUT2D eigenvalue weighted by atomic mass is 9.89. The van der Waals surface area contributed by atoms with Crippen molar-refractivity contribution in [3.8, 4) is 0 Å². The number of halogens is 2. The number of amides is 2. The summed E-state index contributed by atoms with van der Waals surface area (Å²) in [5, 5.41) is 23.7. The van der Waals surface area contributed by atoms with Gasteiger partial charge in [0.1, 0.15) is 18.1 Å². The van der Waals surface area contributed by atoms with Crippen LogP contribution < -0.4 is 33.0 Å². The molecule has 15 rings (SSSR count). The van der Waals surface area contributed by atoms with E-state index in [0.717, 1.165) is 55.1 Å². The predicted octanol–water partition coefficient (Wildman–Crippen LogP) is 12.6. The summed E-state index contributed by atoms with van der Waals surface area (Å²) < 4.78 is 14.3. The van der Waals surface area contributed by atoms with E-state index in [-0.39, 0.29) is 71.5 Å². The fourth-order valence-electron chi connectivity index (χ4n) is 20.2. The van der Waals surface area contributed by atoms with Crippen molar-refractivity contribution in [3.63, 3.8) is 0 Å². The second-order valence-electron chi connectivity index (χ2n) is 32.1. The molecular formula is C83H116Cl2N12O13. The molecule has 3 aromatic carbocycles. The Bertz CT molecular complexity index is 4320. The van der Waals surface area contributed by atoms with Crippen molar-refractivity contribution < 1.29 is 48.5 Å². The number of carbonyl (C=O) groups excluding carboxylic acids is 4. The van der Waals surface area contributed by atoms with Crippen molar-refractivity contribution in [2.45, 2.75) is 323 Å². The third-order valence-corrected chi connectivity index (χ3v) is 25.1. The van der Waals surface area contributed by atoms with Crippen LogP contribution in [0.25, 0.3) is 33.1 Å². The summed E-state index contributed by atoms with van der Waals surface area (Å²) >= 11 is 0. The SMILES string of the molecule is CC(NC(=O)c1nc2ccccc2n(C2C[C@H]3CC[C@@H](C2)N3C2CCCCCCC2)c1=O)C(=O)O.COC(=O)C(C)N.COC(=O)C(C)NC(=O)c1nc2ccccc2n(C2C[C@H]3CC[C@@H](C2)N3C2CCCCCCC2)c1=O.Cl.Cl.O=C(O)c1nc2ccccc2n(C2C[C@H]3CC[C@@H](C2)N3C2CCCCCCC2)c1=O. The summed E-state index contributed by atoms with van der Waals surface area (Å²) in [5.74, 6) is -4.72. The average Bonchev–Trinajstić information content (AvgIpc) is 1.45. The molecule has 2 amide bonds. The average molecular weight is 1560 g/mol. The number of aromatic carboxylic acids is 1. The van der Waals surface area contributed by atoms with E-state index in [4.69, 9.17) is 10.5 Å². The number of aromatic nitrogens is 6. The summed E-state index contributed by atoms with van der Waals surface area (Å²) in [6.07, 6.45) is 40.5. The Kier molecular flexibility index (Phi) is 30.2. The third kappa shape index (κ3) is 19.3. The zero-order chi connectivity index (χ0) is 76.3. The van der Waals surface area contributed by atoms with Gasteiger partial charge in [0.25, 0.3) is 28.5 Å². The molecule has 0 spiro atoms. The molecule has 6 bridgehead atoms. The molecule has 3 aromatic heterocycles. The van der Waals surface area contributed by atoms with Gasteiger partial charge in [-0.2, -0.15) is 0 Å². The van der Waals surface area contributed by atoms with Crippen LogP contribution in [0.5, 0.6) is 0 Å². The minimum absolute atomic E-state index is 0. The van der Waals surface area contributed by atoms with Gasteiger partial charge in [-0.3, -0.25) is 48.3 Å². The van der Waals surface area contributed by atoms with Gasteiger partial charge in [-0.25, -0.2) is 24.5 Å². The van der Waals surface area contributed by atoms with Crippen LogP contribution in [0, 0.1) is 0 Å². The number of methoxy groups -OCH3 is 2. The Hall–Kier alpha value is -7.68. The van der Waals surface area contributed by atoms with E-state index in [2.05, 4.69) is 45.0 Å². The first-order valence-electron chi connectivity index (χ1n) is 40.6. The number of nitrogens with two attached hydrogens (primary N) is 1. The van der Waals surface area contributed by atoms with E-state index in [1.807, 2.05) is 65.2 Å². The highest BCUT2D eigenvalue weighted by Gasteiger charge is 2.48. The first-order chi connectivity index (χ1) is 52.2. The lowest BCUT2D eigenvalue weighted by molar-refractivity contribution is -0.142. The smallest absolute Gasteiger partial charge is 0.360 e. The summed E-state index contributed by atoms with van der Waals surface area (Å²) in [7, 11) is 2.58. The number of carboxylic acid groups (broad SMARTS) is 2. The molecule has 3 saturated carbocycles. The molecular weight excluding hydrogens is 1440 g/mol. The first-order valence-corrected chi connectivity index (χ1v) is 40.6. The molecule has 25 nitrogen and oxygen atoms in total. The zero-order valence-corrected chi connectivity index (χ0v) is 66.4. The van der Waals surface area contributed by atoms with Crippen LogP contribution >= 0.6 is 24.8 Å². The van der Waals surface area contributed by atoms with E-state index in [0.29, 0.717) is 70.9 Å². The maximum atomic E-state index is 13.8. The van der Waals surface area contributed by atoms with E-state index in [1.165, 1.54) is 201 Å². The highest BCUT2D eigenvalue weighted by Crippen LogP contribution is 2.48. The number of hydrogen-bond donors (Lipinski definition) is 5. The number of aliphatic carboxylic acids is 1. The number of para-hydroxylation sites is 6. The van der Waals surface area contributed by atoms with Crippen molar-refractivity contribution in [3.05, 3.63) is 121 Å². The van der Waals surface area contributed by atoms with Crippen molar-refractivity contribution in [1.82, 2.24) is 54.0 Å². The van der Waals surface area contributed by atoms with E-state index in [9.17, 15) is 53.4 Å². The van der Waals surface area contributed by atoms with Crippen LogP contribution in [0.4, 0.5) is 0 Å². The van der Waals surface area contributed by atoms with Crippen molar-refractivity contribution >= 4 is 93.6 Å². The number of carbonyl (C=O) groups is 6. The molecule has 9 heterocycles. The van der Waals surface area contributed by atoms with Gasteiger partial charge in [-0.05, 0) is 173 Å². The Balaban J connectivity index is 0.000000167. The summed E-state index contributed by atoms with van der Waals surface area (Å²) in [6, 6.07) is 24.9. The third-order valence-electron chi connectivity index (χ3n) is 25.1. The number of carboxylic acids is 2. The number of benzene rings is 3. The maximum absolute atomic E-state index is 13.8. The maximum Gasteiger partial charge on any atom is 0.360 e. The molecule has 6 aliphatic heterocycles. The van der Waals surface area contributed by atoms with Gasteiger partial charge in [-0.1, -0.05) is 133 Å². The molecule has 0 radical (unpaired) electrons. The van der Waals surface area contributed by atoms with Gasteiger partial charge < -0.3 is 49.8 Å². The molecule has 27 heteroatoms. The topological polar surface area (TPSA) is 326 Å². The molecule has 110 heavy (non-hydrogen) atoms. The number of ether oxygens (including phenoxy) is 2. The number of esters is 2. The second-order valence-corrected chi connectivity index (χ2v) is 32.1. The van der Waals surface area contributed by atoms with Crippen LogP contribution in [0.3, 0.4) is 0 Å². The zero-order valence-electron chi connectivity index (χ0n) is 64.7. The Morgan fingerprint density at radius 1 is 0.382 bits per heavy atom. The van der Waals surface area contributed by atoms with Gasteiger partial charge >= 0.3 is 23.9 Å². The number of rotatable bonds is 14. The van der Waals surface area contributed by atoms with Crippen LogP contribution in [-0.2, 0) is 23.9 Å². The predicted molar refractivity (Wildman–Crippen MR) is 428 cm³/mol. The molecule has 9 fully saturated rings. The van der Waals surface area contributed by atoms with Crippen molar-refractivity contribution in [2.24, 2.45) is 5.73 Å². The molecule has 9 aliphatic rings. The standard InChI is InChI=1S/C28H38N4O4.C27H36N4O4.C24H31N3O3.C4H9NO2.2ClH/c1-18(28(35)36-2)29-26(33)25-27(34)32(24-13-9-8-12-23(24)30-25)22-16-20-14-15-21(17-22)31(20)19-10-6-4-3-5-7-11-19;1-17(27(34)35)28-25(32)24-26(33)31(23-12-8-7-11-22(23)29-24)21-15-19-13-14-20(16-21)30(19)18-9-5-3-2-4-6-10-18;28-23-22(24(29)30)25-20-10-6-7-11-21(20)27(23)19-14-17-12-13-18(15-19)26(17)16-8-4-2-1-3-5-9-16;1-3(5)4(6)7-2;;/h8-9,12-13,18-22H,3-7,10-11,14-17H2,1-2H3,(H,29,33);7-8,11-12,17-21H,2-6,9-10,13-16H2,1H3,(H,28,32)(H,34,35);6-7,10-11,16-19H,1-5,8-9,12-15H2,(H,29,30);3H,5H2,1-2H3;2*1H/t18?,20-,21+,22?;17?,19-,20+,21?;17-,18+,19?;;;. The van der Waals surface area contributed by atoms with Gasteiger partial charge in [-0.15, -0.1) is 24.8 Å². The molecule has 600 valence electrons. The summed E-state index contributed by atoms with van der Waals surface area (Å²) in [5.41, 5.74) is 7.10. The fraction of sp³-hybridized carbons (Fsp3) is 0.639. The molecule has 12 atom stereocenters. The quantitative estimate of drug-likeness (QED) is 0.0633. The lowest BCUT2D eigenvalue weighted by Gasteiger charge is -2.45. The summed E-state index contributed by atoms with van der Waals surface area (Å²) in [4.78, 5) is 133. The molecule has 6 aromatic rings. The second kappa shape index (κ2) is 39.2. The van der Waals surface area contributed by atoms with Crippen LogP contribution in [0.15, 0.2) is 87.2 Å². The van der Waals surface area contributed by atoms with Crippen molar-refractivity contribution in [1.29, 1.82) is 0 Å². The number of nitrogens with zero attached hydrogens (tertiary/aromatic N) is 9. The van der Waals surface area contributed by atoms with Crippen LogP contribution in [0.1, 0.15) is 282 Å². The molecule has 3 aliphatic carbocycles. The summed E-state index contributed by atoms with van der Waals surface area (Å²) in [6.45, 7) is 4.49. The van der Waals surface area contributed by atoms with E-state index >= 15 is 0 Å². The Morgan fingerprint density at radius 3 is 0.909 bits per heavy atom. The van der Waals surface area contributed by atoms with Crippen LogP contribution in [0.2, 0.25) is 0 Å². The normalized spacial score (nSPS) is 25.6. The lowest BCUT2D eigenvalue weighted by Crippen LogP contribution is -2.50. The van der Waals surface area contributed by atoms with Gasteiger partial charge in [0, 0.05) is 72.5 Å². The Morgan fingerprint density at radius 2 is 0.645 bits per heavy atom. The largest absolute Gasteiger partial charge is 0.480 e. The highest BCUT2D eigenvalue weighted by atomic mass is 35.5. The van der Waals surface area contributed by atoms with Gasteiger partial charge in [0.05, 0.1) is 47.3 Å². The van der Waals surface area contributed by atoms with E-state index < -0.39 is 59.0 Å². The minimum atomic E-state index is -1.24. The Labute approximate surface area is 656 Å². The highest BCUT2D eigenvalue weighted by molar-refractivity contribution is 5.97. The minimum Gasteiger partial charge on any atom is -0.480 e. The van der Waals surface area contributed by atoms with E-state index in [1.54, 1.807) is 28.2 Å². The fourth-order valence-corrected chi connectivity index (χ4v) is 20.2. The first kappa shape index (κ1) is 84.8. The molecule has 6 unspecified atom stereocenters. The van der Waals surface area contributed by atoms with Gasteiger partial charge in [0.15, 0.2) is 11.4 Å². The van der Waals surface area contributed by atoms with Crippen molar-refractivity contribution in [2.75, 3.05) is 14.2 Å². The van der Waals surface area contributed by atoms with Gasteiger partial charge in [0.2, 0.25) is 5.69 Å². The monoisotopic (exact) mass is 1560 g/mol. The molecule has 6 saturated heterocycles.